The molecule has 1 aliphatic carbocycles. The van der Waals surface area contributed by atoms with Gasteiger partial charge in [-0.1, -0.05) is 99.3 Å². The maximum atomic E-state index is 11.7. The minimum absolute atomic E-state index is 0.0584. The summed E-state index contributed by atoms with van der Waals surface area (Å²) >= 11 is 0. The summed E-state index contributed by atoms with van der Waals surface area (Å²) in [5, 5.41) is 10.5. The fourth-order valence-electron chi connectivity index (χ4n) is 6.11. The van der Waals surface area contributed by atoms with Gasteiger partial charge < -0.3 is 15.4 Å². The van der Waals surface area contributed by atoms with Gasteiger partial charge in [0.2, 0.25) is 0 Å². The molecule has 0 bridgehead atoms. The molecule has 214 valence electrons. The van der Waals surface area contributed by atoms with Crippen LogP contribution >= 0.6 is 0 Å². The van der Waals surface area contributed by atoms with E-state index in [1.54, 1.807) is 12.1 Å². The third-order valence-corrected chi connectivity index (χ3v) is 8.24. The third kappa shape index (κ3) is 7.06. The Balaban J connectivity index is 1.57. The van der Waals surface area contributed by atoms with Crippen LogP contribution in [0.1, 0.15) is 73.5 Å². The number of amides is 1. The monoisotopic (exact) mass is 550 g/mol. The van der Waals surface area contributed by atoms with Crippen molar-refractivity contribution >= 4 is 5.91 Å². The summed E-state index contributed by atoms with van der Waals surface area (Å²) in [7, 11) is 0. The van der Waals surface area contributed by atoms with E-state index in [2.05, 4.69) is 64.9 Å². The molecule has 1 saturated carbocycles. The van der Waals surface area contributed by atoms with Gasteiger partial charge in [0.15, 0.2) is 0 Å². The molecule has 3 aromatic carbocycles. The van der Waals surface area contributed by atoms with Crippen molar-refractivity contribution in [1.29, 1.82) is 0 Å². The Kier molecular flexibility index (Phi) is 9.52. The van der Waals surface area contributed by atoms with Crippen molar-refractivity contribution in [3.05, 3.63) is 95.7 Å². The van der Waals surface area contributed by atoms with Crippen LogP contribution in [0.25, 0.3) is 22.6 Å². The van der Waals surface area contributed by atoms with Crippen LogP contribution < -0.4 is 5.73 Å². The van der Waals surface area contributed by atoms with Gasteiger partial charge in [-0.2, -0.15) is 0 Å². The number of benzene rings is 3. The largest absolute Gasteiger partial charge is 0.507 e. The summed E-state index contributed by atoms with van der Waals surface area (Å²) in [5.74, 6) is 0.975. The summed E-state index contributed by atoms with van der Waals surface area (Å²) in [5.41, 5.74) is 11.1. The van der Waals surface area contributed by atoms with Gasteiger partial charge in [-0.05, 0) is 42.9 Å². The third-order valence-electron chi connectivity index (χ3n) is 8.24. The molecule has 0 radical (unpaired) electrons. The van der Waals surface area contributed by atoms with E-state index in [1.165, 1.54) is 37.8 Å². The number of nitrogens with zero attached hydrogens (tertiary/aromatic N) is 3. The molecule has 1 aromatic heterocycles. The summed E-state index contributed by atoms with van der Waals surface area (Å²) in [6.45, 7) is 5.52. The van der Waals surface area contributed by atoms with E-state index in [-0.39, 0.29) is 11.3 Å². The first-order valence-electron chi connectivity index (χ1n) is 15.1. The Morgan fingerprint density at radius 1 is 0.951 bits per heavy atom. The first-order chi connectivity index (χ1) is 20.0. The number of imidazole rings is 1. The molecule has 6 heteroatoms. The lowest BCUT2D eigenvalue weighted by Gasteiger charge is -2.30. The molecule has 5 rings (SSSR count). The highest BCUT2D eigenvalue weighted by atomic mass is 16.3. The summed E-state index contributed by atoms with van der Waals surface area (Å²) < 4.78 is 2.43. The zero-order valence-corrected chi connectivity index (χ0v) is 24.1. The Morgan fingerprint density at radius 3 is 2.27 bits per heavy atom. The Morgan fingerprint density at radius 2 is 1.63 bits per heavy atom. The fraction of sp³-hybridized carbons (Fsp3) is 0.371. The zero-order chi connectivity index (χ0) is 28.6. The van der Waals surface area contributed by atoms with Crippen LogP contribution in [-0.2, 0) is 19.6 Å². The number of carbonyl (C=O) groups excluding carboxylic acids is 1. The van der Waals surface area contributed by atoms with Crippen molar-refractivity contribution in [2.24, 2.45) is 11.7 Å². The molecule has 0 atom stereocenters. The molecule has 1 aliphatic rings. The maximum absolute atomic E-state index is 11.7. The number of unbranched alkanes of at least 4 members (excludes halogenated alkanes) is 1. The molecular formula is C35H42N4O2. The molecule has 0 spiro atoms. The lowest BCUT2D eigenvalue weighted by molar-refractivity contribution is 0.0997. The van der Waals surface area contributed by atoms with E-state index in [0.29, 0.717) is 12.5 Å². The number of hydrogen-bond acceptors (Lipinski definition) is 4. The second-order valence-electron chi connectivity index (χ2n) is 11.4. The Labute approximate surface area is 243 Å². The van der Waals surface area contributed by atoms with Gasteiger partial charge in [0, 0.05) is 37.3 Å². The molecule has 1 heterocycles. The first kappa shape index (κ1) is 28.6. The highest BCUT2D eigenvalue weighted by molar-refractivity contribution is 5.95. The second kappa shape index (κ2) is 13.6. The van der Waals surface area contributed by atoms with E-state index >= 15 is 0 Å². The molecule has 6 nitrogen and oxygen atoms in total. The minimum atomic E-state index is -0.617. The number of primary amides is 1. The number of rotatable bonds is 12. The fourth-order valence-corrected chi connectivity index (χ4v) is 6.11. The molecule has 4 aromatic rings. The number of phenols is 1. The van der Waals surface area contributed by atoms with Crippen molar-refractivity contribution in [2.75, 3.05) is 6.54 Å². The molecule has 3 N–H and O–H groups in total. The van der Waals surface area contributed by atoms with Crippen molar-refractivity contribution in [2.45, 2.75) is 71.5 Å². The van der Waals surface area contributed by atoms with Gasteiger partial charge in [-0.15, -0.1) is 0 Å². The highest BCUT2D eigenvalue weighted by Gasteiger charge is 2.24. The van der Waals surface area contributed by atoms with Crippen molar-refractivity contribution in [1.82, 2.24) is 14.5 Å². The highest BCUT2D eigenvalue weighted by Crippen LogP contribution is 2.33. The zero-order valence-electron chi connectivity index (χ0n) is 24.1. The Hall–Kier alpha value is -3.90. The summed E-state index contributed by atoms with van der Waals surface area (Å²) in [4.78, 5) is 19.5. The topological polar surface area (TPSA) is 84.4 Å². The lowest BCUT2D eigenvalue weighted by Crippen LogP contribution is -2.31. The van der Waals surface area contributed by atoms with E-state index < -0.39 is 5.91 Å². The summed E-state index contributed by atoms with van der Waals surface area (Å²) in [6.07, 6.45) is 8.56. The molecule has 0 saturated heterocycles. The molecule has 0 aliphatic heterocycles. The molecule has 1 fully saturated rings. The van der Waals surface area contributed by atoms with E-state index in [9.17, 15) is 9.90 Å². The van der Waals surface area contributed by atoms with Crippen LogP contribution in [0.2, 0.25) is 0 Å². The molecule has 0 unspecified atom stereocenters. The smallest absolute Gasteiger partial charge is 0.252 e. The van der Waals surface area contributed by atoms with Gasteiger partial charge in [0.1, 0.15) is 11.6 Å². The van der Waals surface area contributed by atoms with Gasteiger partial charge in [0.25, 0.3) is 5.91 Å². The van der Waals surface area contributed by atoms with E-state index in [4.69, 9.17) is 10.7 Å². The van der Waals surface area contributed by atoms with Crippen molar-refractivity contribution < 1.29 is 9.90 Å². The summed E-state index contributed by atoms with van der Waals surface area (Å²) in [6, 6.07) is 26.2. The van der Waals surface area contributed by atoms with Crippen LogP contribution in [0.5, 0.6) is 5.75 Å². The average molecular weight is 551 g/mol. The second-order valence-corrected chi connectivity index (χ2v) is 11.4. The predicted octanol–water partition coefficient (Wildman–Crippen LogP) is 7.40. The van der Waals surface area contributed by atoms with Gasteiger partial charge in [-0.3, -0.25) is 9.69 Å². The van der Waals surface area contributed by atoms with Crippen LogP contribution in [-0.4, -0.2) is 32.0 Å². The van der Waals surface area contributed by atoms with Gasteiger partial charge in [0.05, 0.1) is 17.0 Å². The number of nitrogens with two attached hydrogens (primary N) is 1. The SMILES string of the molecule is CCCCn1c(-c2ccccc2)nc(-c2ccccc2)c1CN(Cc1ccc(C(N)=O)c(O)c1)CC1CCCCC1. The number of aromatic nitrogens is 2. The van der Waals surface area contributed by atoms with Crippen LogP contribution in [0.3, 0.4) is 0 Å². The Bertz CT molecular complexity index is 1430. The average Bonchev–Trinajstić information content (AvgIpc) is 3.35. The standard InChI is InChI=1S/C35H42N4O2/c1-2-3-21-39-31(33(28-15-9-5-10-16-28)37-35(39)29-17-11-6-12-18-29)25-38(23-26-13-7-4-8-14-26)24-27-19-20-30(34(36)41)32(40)22-27/h5-6,9-12,15-20,22,26,40H,2-4,7-8,13-14,21,23-25H2,1H3,(H2,36,41). The van der Waals surface area contributed by atoms with E-state index in [1.807, 2.05) is 18.2 Å². The first-order valence-corrected chi connectivity index (χ1v) is 15.1. The molecule has 41 heavy (non-hydrogen) atoms. The normalized spacial score (nSPS) is 14.0. The lowest BCUT2D eigenvalue weighted by atomic mass is 9.88. The maximum Gasteiger partial charge on any atom is 0.252 e. The van der Waals surface area contributed by atoms with Gasteiger partial charge in [-0.25, -0.2) is 4.98 Å². The van der Waals surface area contributed by atoms with Crippen molar-refractivity contribution in [3.8, 4) is 28.4 Å². The molecular weight excluding hydrogens is 508 g/mol. The van der Waals surface area contributed by atoms with Crippen LogP contribution in [0.4, 0.5) is 0 Å². The quantitative estimate of drug-likeness (QED) is 0.192. The van der Waals surface area contributed by atoms with Gasteiger partial charge >= 0.3 is 0 Å². The van der Waals surface area contributed by atoms with Crippen molar-refractivity contribution in [3.63, 3.8) is 0 Å². The number of hydrogen-bond donors (Lipinski definition) is 2. The van der Waals surface area contributed by atoms with E-state index in [0.717, 1.165) is 60.7 Å². The van der Waals surface area contributed by atoms with Crippen LogP contribution in [0, 0.1) is 5.92 Å². The number of carbonyl (C=O) groups is 1. The predicted molar refractivity (Wildman–Crippen MR) is 165 cm³/mol. The minimum Gasteiger partial charge on any atom is -0.507 e. The van der Waals surface area contributed by atoms with Crippen LogP contribution in [0.15, 0.2) is 78.9 Å². The molecule has 1 amide bonds. The number of aromatic hydroxyl groups is 1.